The third-order valence-electron chi connectivity index (χ3n) is 2.65. The minimum Gasteiger partial charge on any atom is -0.494 e. The zero-order valence-corrected chi connectivity index (χ0v) is 13.7. The number of ketones is 1. The lowest BCUT2D eigenvalue weighted by Crippen LogP contribution is -2.07. The van der Waals surface area contributed by atoms with Crippen molar-refractivity contribution in [3.8, 4) is 5.75 Å². The quantitative estimate of drug-likeness (QED) is 0.720. The largest absolute Gasteiger partial charge is 0.494 e. The minimum absolute atomic E-state index is 0.0775. The first-order valence-electron chi connectivity index (χ1n) is 5.68. The third kappa shape index (κ3) is 3.43. The molecule has 0 atom stereocenters. The van der Waals surface area contributed by atoms with Crippen LogP contribution in [0.25, 0.3) is 0 Å². The molecule has 2 aromatic rings. The SMILES string of the molecule is COc1ccc(CC(=O)c2ncc(Br)cc2Br)cc1F. The van der Waals surface area contributed by atoms with Crippen LogP contribution in [0.1, 0.15) is 16.1 Å². The molecule has 0 unspecified atom stereocenters. The van der Waals surface area contributed by atoms with E-state index in [4.69, 9.17) is 4.74 Å². The number of halogens is 3. The molecule has 1 aromatic carbocycles. The monoisotopic (exact) mass is 401 g/mol. The first kappa shape index (κ1) is 15.1. The molecule has 0 N–H and O–H groups in total. The molecule has 3 nitrogen and oxygen atoms in total. The summed E-state index contributed by atoms with van der Waals surface area (Å²) in [6, 6.07) is 6.20. The van der Waals surface area contributed by atoms with Crippen LogP contribution in [0.2, 0.25) is 0 Å². The lowest BCUT2D eigenvalue weighted by molar-refractivity contribution is 0.0987. The van der Waals surface area contributed by atoms with Crippen LogP contribution in [0, 0.1) is 5.82 Å². The summed E-state index contributed by atoms with van der Waals surface area (Å²) < 4.78 is 19.8. The zero-order chi connectivity index (χ0) is 14.7. The summed E-state index contributed by atoms with van der Waals surface area (Å²) in [5.41, 5.74) is 0.898. The van der Waals surface area contributed by atoms with Gasteiger partial charge in [-0.2, -0.15) is 0 Å². The second kappa shape index (κ2) is 6.45. The molecule has 6 heteroatoms. The van der Waals surface area contributed by atoms with E-state index in [1.807, 2.05) is 0 Å². The van der Waals surface area contributed by atoms with E-state index in [0.717, 1.165) is 4.47 Å². The van der Waals surface area contributed by atoms with E-state index in [1.165, 1.54) is 19.2 Å². The van der Waals surface area contributed by atoms with Gasteiger partial charge in [0, 0.05) is 21.6 Å². The zero-order valence-electron chi connectivity index (χ0n) is 10.5. The fraction of sp³-hybridized carbons (Fsp3) is 0.143. The molecule has 0 aliphatic rings. The number of rotatable bonds is 4. The van der Waals surface area contributed by atoms with Crippen molar-refractivity contribution in [3.05, 3.63) is 56.5 Å². The average molecular weight is 403 g/mol. The number of Topliss-reactive ketones (excluding diaryl/α,β-unsaturated/α-hetero) is 1. The van der Waals surface area contributed by atoms with Gasteiger partial charge in [0.2, 0.25) is 0 Å². The van der Waals surface area contributed by atoms with Crippen LogP contribution in [0.4, 0.5) is 4.39 Å². The molecule has 0 radical (unpaired) electrons. The van der Waals surface area contributed by atoms with E-state index in [1.54, 1.807) is 18.3 Å². The van der Waals surface area contributed by atoms with Crippen molar-refractivity contribution in [3.63, 3.8) is 0 Å². The van der Waals surface area contributed by atoms with Gasteiger partial charge in [0.15, 0.2) is 17.3 Å². The summed E-state index contributed by atoms with van der Waals surface area (Å²) in [4.78, 5) is 16.2. The number of benzene rings is 1. The molecule has 2 rings (SSSR count). The average Bonchev–Trinajstić information content (AvgIpc) is 2.38. The van der Waals surface area contributed by atoms with Crippen molar-refractivity contribution in [2.45, 2.75) is 6.42 Å². The van der Waals surface area contributed by atoms with Gasteiger partial charge in [0.05, 0.1) is 7.11 Å². The lowest BCUT2D eigenvalue weighted by atomic mass is 10.1. The Morgan fingerprint density at radius 1 is 1.35 bits per heavy atom. The lowest BCUT2D eigenvalue weighted by Gasteiger charge is -2.06. The normalized spacial score (nSPS) is 10.4. The maximum absolute atomic E-state index is 13.6. The Hall–Kier alpha value is -1.27. The molecule has 0 aliphatic carbocycles. The van der Waals surface area contributed by atoms with Gasteiger partial charge in [-0.25, -0.2) is 4.39 Å². The Morgan fingerprint density at radius 3 is 2.70 bits per heavy atom. The van der Waals surface area contributed by atoms with Crippen LogP contribution in [-0.4, -0.2) is 17.9 Å². The van der Waals surface area contributed by atoms with Crippen LogP contribution in [0.5, 0.6) is 5.75 Å². The maximum Gasteiger partial charge on any atom is 0.186 e. The molecule has 1 heterocycles. The fourth-order valence-electron chi connectivity index (χ4n) is 1.71. The van der Waals surface area contributed by atoms with Crippen LogP contribution >= 0.6 is 31.9 Å². The molecule has 0 spiro atoms. The van der Waals surface area contributed by atoms with Gasteiger partial charge in [-0.15, -0.1) is 0 Å². The molecular formula is C14H10Br2FNO2. The number of hydrogen-bond acceptors (Lipinski definition) is 3. The van der Waals surface area contributed by atoms with Gasteiger partial charge >= 0.3 is 0 Å². The van der Waals surface area contributed by atoms with E-state index < -0.39 is 5.82 Å². The van der Waals surface area contributed by atoms with Gasteiger partial charge in [0.25, 0.3) is 0 Å². The van der Waals surface area contributed by atoms with E-state index in [9.17, 15) is 9.18 Å². The predicted octanol–water partition coefficient (Wildman–Crippen LogP) is 4.18. The van der Waals surface area contributed by atoms with E-state index in [-0.39, 0.29) is 18.0 Å². The Morgan fingerprint density at radius 2 is 2.10 bits per heavy atom. The Kier molecular flexibility index (Phi) is 4.88. The van der Waals surface area contributed by atoms with Crippen molar-refractivity contribution < 1.29 is 13.9 Å². The molecule has 0 bridgehead atoms. The number of nitrogens with zero attached hydrogens (tertiary/aromatic N) is 1. The fourth-order valence-corrected chi connectivity index (χ4v) is 2.92. The molecular weight excluding hydrogens is 393 g/mol. The molecule has 0 fully saturated rings. The molecule has 1 aromatic heterocycles. The van der Waals surface area contributed by atoms with Crippen LogP contribution < -0.4 is 4.74 Å². The van der Waals surface area contributed by atoms with Crippen molar-refractivity contribution in [1.29, 1.82) is 0 Å². The summed E-state index contributed by atoms with van der Waals surface area (Å²) in [6.45, 7) is 0. The molecule has 0 saturated carbocycles. The number of pyridine rings is 1. The highest BCUT2D eigenvalue weighted by Gasteiger charge is 2.14. The predicted molar refractivity (Wildman–Crippen MR) is 80.6 cm³/mol. The molecule has 0 aliphatic heterocycles. The summed E-state index contributed by atoms with van der Waals surface area (Å²) in [6.07, 6.45) is 1.63. The van der Waals surface area contributed by atoms with Gasteiger partial charge < -0.3 is 4.74 Å². The standard InChI is InChI=1S/C14H10Br2FNO2/c1-20-13-3-2-8(4-11(13)17)5-12(19)14-10(16)6-9(15)7-18-14/h2-4,6-7H,5H2,1H3. The Labute approximate surface area is 132 Å². The minimum atomic E-state index is -0.486. The summed E-state index contributed by atoms with van der Waals surface area (Å²) in [7, 11) is 1.39. The number of ether oxygens (including phenoxy) is 1. The highest BCUT2D eigenvalue weighted by atomic mass is 79.9. The van der Waals surface area contributed by atoms with Crippen molar-refractivity contribution >= 4 is 37.6 Å². The van der Waals surface area contributed by atoms with Crippen LogP contribution in [-0.2, 0) is 6.42 Å². The number of carbonyl (C=O) groups is 1. The van der Waals surface area contributed by atoms with Gasteiger partial charge in [0.1, 0.15) is 5.69 Å². The second-order valence-corrected chi connectivity index (χ2v) is 5.82. The Bertz CT molecular complexity index is 662. The van der Waals surface area contributed by atoms with E-state index >= 15 is 0 Å². The highest BCUT2D eigenvalue weighted by Crippen LogP contribution is 2.22. The third-order valence-corrected chi connectivity index (χ3v) is 3.69. The first-order valence-corrected chi connectivity index (χ1v) is 7.26. The van der Waals surface area contributed by atoms with Crippen molar-refractivity contribution in [1.82, 2.24) is 4.98 Å². The first-order chi connectivity index (χ1) is 9.51. The van der Waals surface area contributed by atoms with Crippen LogP contribution in [0.15, 0.2) is 39.4 Å². The number of methoxy groups -OCH3 is 1. The molecule has 20 heavy (non-hydrogen) atoms. The summed E-state index contributed by atoms with van der Waals surface area (Å²) in [5, 5.41) is 0. The topological polar surface area (TPSA) is 39.2 Å². The maximum atomic E-state index is 13.6. The van der Waals surface area contributed by atoms with Crippen molar-refractivity contribution in [2.75, 3.05) is 7.11 Å². The molecule has 104 valence electrons. The van der Waals surface area contributed by atoms with Crippen LogP contribution in [0.3, 0.4) is 0 Å². The second-order valence-electron chi connectivity index (χ2n) is 4.05. The van der Waals surface area contributed by atoms with Gasteiger partial charge in [-0.05, 0) is 55.6 Å². The highest BCUT2D eigenvalue weighted by molar-refractivity contribution is 9.11. The van der Waals surface area contributed by atoms with E-state index in [0.29, 0.717) is 15.7 Å². The van der Waals surface area contributed by atoms with Gasteiger partial charge in [-0.3, -0.25) is 9.78 Å². The Balaban J connectivity index is 2.21. The van der Waals surface area contributed by atoms with Gasteiger partial charge in [-0.1, -0.05) is 6.07 Å². The summed E-state index contributed by atoms with van der Waals surface area (Å²) in [5.74, 6) is -0.515. The van der Waals surface area contributed by atoms with Crippen molar-refractivity contribution in [2.24, 2.45) is 0 Å². The molecule has 0 saturated heterocycles. The number of carbonyl (C=O) groups excluding carboxylic acids is 1. The number of aromatic nitrogens is 1. The van der Waals surface area contributed by atoms with E-state index in [2.05, 4.69) is 36.8 Å². The summed E-state index contributed by atoms with van der Waals surface area (Å²) >= 11 is 6.56. The number of hydrogen-bond donors (Lipinski definition) is 0. The molecule has 0 amide bonds. The smallest absolute Gasteiger partial charge is 0.186 e.